The molecule has 4 heteroatoms. The van der Waals surface area contributed by atoms with Crippen LogP contribution in [0.3, 0.4) is 0 Å². The number of nitrogens with two attached hydrogens (primary N) is 1. The molecule has 1 aromatic heterocycles. The second kappa shape index (κ2) is 7.02. The molecule has 0 aliphatic carbocycles. The van der Waals surface area contributed by atoms with Gasteiger partial charge in [0.2, 0.25) is 0 Å². The predicted octanol–water partition coefficient (Wildman–Crippen LogP) is 2.64. The standard InChI is InChI=1S/C14H16N4/c1-3-5-8-17-14(12(16)4-2)13-7-6-11(9-15)10-18-13/h3,5-8,10H,4,16H2,1-2H3/b5-3-,14-12-,17-8+. The second-order valence-corrected chi connectivity index (χ2v) is 3.58. The molecule has 0 fully saturated rings. The van der Waals surface area contributed by atoms with E-state index in [2.05, 4.69) is 9.98 Å². The van der Waals surface area contributed by atoms with Gasteiger partial charge in [0.15, 0.2) is 0 Å². The minimum Gasteiger partial charge on any atom is -0.400 e. The number of hydrogen-bond acceptors (Lipinski definition) is 4. The van der Waals surface area contributed by atoms with Crippen molar-refractivity contribution in [3.8, 4) is 6.07 Å². The zero-order valence-electron chi connectivity index (χ0n) is 10.6. The zero-order valence-corrected chi connectivity index (χ0v) is 10.6. The highest BCUT2D eigenvalue weighted by molar-refractivity contribution is 5.80. The van der Waals surface area contributed by atoms with E-state index in [0.717, 1.165) is 0 Å². The summed E-state index contributed by atoms with van der Waals surface area (Å²) in [6.07, 6.45) is 7.60. The van der Waals surface area contributed by atoms with Crippen LogP contribution in [-0.2, 0) is 0 Å². The van der Waals surface area contributed by atoms with Crippen molar-refractivity contribution in [3.05, 3.63) is 47.4 Å². The van der Waals surface area contributed by atoms with Crippen LogP contribution in [0.25, 0.3) is 5.70 Å². The first-order chi connectivity index (χ1) is 8.72. The van der Waals surface area contributed by atoms with Gasteiger partial charge in [0.05, 0.1) is 11.3 Å². The normalized spacial score (nSPS) is 12.7. The SMILES string of the molecule is C\C=C/C=N/C(=C(\N)CC)c1ccc(C#N)cn1. The summed E-state index contributed by atoms with van der Waals surface area (Å²) in [6, 6.07) is 5.49. The highest BCUT2D eigenvalue weighted by Crippen LogP contribution is 2.17. The van der Waals surface area contributed by atoms with Crippen LogP contribution < -0.4 is 5.73 Å². The molecule has 0 bridgehead atoms. The van der Waals surface area contributed by atoms with Crippen LogP contribution in [0.5, 0.6) is 0 Å². The topological polar surface area (TPSA) is 75.1 Å². The molecule has 1 heterocycles. The Bertz CT molecular complexity index is 516. The number of rotatable bonds is 4. The van der Waals surface area contributed by atoms with E-state index in [1.165, 1.54) is 6.20 Å². The number of aromatic nitrogens is 1. The maximum Gasteiger partial charge on any atom is 0.107 e. The van der Waals surface area contributed by atoms with Gasteiger partial charge in [0, 0.05) is 18.1 Å². The summed E-state index contributed by atoms with van der Waals surface area (Å²) < 4.78 is 0. The molecule has 0 saturated carbocycles. The molecular weight excluding hydrogens is 224 g/mol. The van der Waals surface area contributed by atoms with Gasteiger partial charge in [-0.15, -0.1) is 0 Å². The Balaban J connectivity index is 3.15. The third-order valence-electron chi connectivity index (χ3n) is 2.30. The van der Waals surface area contributed by atoms with Crippen molar-refractivity contribution in [3.63, 3.8) is 0 Å². The van der Waals surface area contributed by atoms with Gasteiger partial charge in [-0.25, -0.2) is 0 Å². The molecule has 0 aromatic carbocycles. The fourth-order valence-electron chi connectivity index (χ4n) is 1.28. The molecular formula is C14H16N4. The molecule has 0 atom stereocenters. The van der Waals surface area contributed by atoms with E-state index < -0.39 is 0 Å². The monoisotopic (exact) mass is 240 g/mol. The van der Waals surface area contributed by atoms with Crippen molar-refractivity contribution in [2.75, 3.05) is 0 Å². The number of nitrogens with zero attached hydrogens (tertiary/aromatic N) is 3. The van der Waals surface area contributed by atoms with Crippen LogP contribution in [0, 0.1) is 11.3 Å². The summed E-state index contributed by atoms with van der Waals surface area (Å²) in [5.41, 5.74) is 8.46. The fraction of sp³-hybridized carbons (Fsp3) is 0.214. The first-order valence-electron chi connectivity index (χ1n) is 5.73. The Morgan fingerprint density at radius 3 is 2.83 bits per heavy atom. The second-order valence-electron chi connectivity index (χ2n) is 3.58. The van der Waals surface area contributed by atoms with Crippen LogP contribution >= 0.6 is 0 Å². The van der Waals surface area contributed by atoms with Crippen molar-refractivity contribution in [2.45, 2.75) is 20.3 Å². The van der Waals surface area contributed by atoms with Crippen LogP contribution in [0.4, 0.5) is 0 Å². The summed E-state index contributed by atoms with van der Waals surface area (Å²) >= 11 is 0. The van der Waals surface area contributed by atoms with Gasteiger partial charge in [-0.1, -0.05) is 13.0 Å². The third-order valence-corrected chi connectivity index (χ3v) is 2.30. The maximum atomic E-state index is 8.73. The van der Waals surface area contributed by atoms with Gasteiger partial charge in [0.25, 0.3) is 0 Å². The molecule has 0 spiro atoms. The van der Waals surface area contributed by atoms with Gasteiger partial charge in [-0.05, 0) is 31.6 Å². The quantitative estimate of drug-likeness (QED) is 0.822. The van der Waals surface area contributed by atoms with E-state index in [0.29, 0.717) is 29.1 Å². The average Bonchev–Trinajstić information content (AvgIpc) is 2.43. The van der Waals surface area contributed by atoms with Gasteiger partial charge in [0.1, 0.15) is 11.8 Å². The third kappa shape index (κ3) is 3.56. The smallest absolute Gasteiger partial charge is 0.107 e. The minimum absolute atomic E-state index is 0.519. The van der Waals surface area contributed by atoms with Gasteiger partial charge >= 0.3 is 0 Å². The number of pyridine rings is 1. The molecule has 0 unspecified atom stereocenters. The molecule has 0 radical (unpaired) electrons. The Hall–Kier alpha value is -2.41. The Morgan fingerprint density at radius 2 is 2.33 bits per heavy atom. The molecule has 92 valence electrons. The van der Waals surface area contributed by atoms with Crippen LogP contribution in [-0.4, -0.2) is 11.2 Å². The molecule has 4 nitrogen and oxygen atoms in total. The minimum atomic E-state index is 0.519. The van der Waals surface area contributed by atoms with Gasteiger partial charge in [-0.2, -0.15) is 5.26 Å². The molecule has 0 aliphatic heterocycles. The van der Waals surface area contributed by atoms with E-state index in [1.807, 2.05) is 32.1 Å². The highest BCUT2D eigenvalue weighted by atomic mass is 14.8. The average molecular weight is 240 g/mol. The van der Waals surface area contributed by atoms with Crippen LogP contribution in [0.15, 0.2) is 41.2 Å². The molecule has 2 N–H and O–H groups in total. The lowest BCUT2D eigenvalue weighted by Gasteiger charge is -2.05. The van der Waals surface area contributed by atoms with Crippen molar-refractivity contribution < 1.29 is 0 Å². The van der Waals surface area contributed by atoms with Crippen LogP contribution in [0.2, 0.25) is 0 Å². The summed E-state index contributed by atoms with van der Waals surface area (Å²) in [5, 5.41) is 8.73. The number of nitriles is 1. The lowest BCUT2D eigenvalue weighted by atomic mass is 10.2. The van der Waals surface area contributed by atoms with E-state index in [1.54, 1.807) is 18.3 Å². The Morgan fingerprint density at radius 1 is 1.56 bits per heavy atom. The van der Waals surface area contributed by atoms with Crippen molar-refractivity contribution in [1.82, 2.24) is 4.98 Å². The molecule has 1 rings (SSSR count). The summed E-state index contributed by atoms with van der Waals surface area (Å²) in [7, 11) is 0. The summed E-state index contributed by atoms with van der Waals surface area (Å²) in [6.45, 7) is 3.88. The molecule has 0 saturated heterocycles. The first-order valence-corrected chi connectivity index (χ1v) is 5.73. The molecule has 0 amide bonds. The van der Waals surface area contributed by atoms with Crippen molar-refractivity contribution in [2.24, 2.45) is 10.7 Å². The largest absolute Gasteiger partial charge is 0.400 e. The van der Waals surface area contributed by atoms with Crippen LogP contribution in [0.1, 0.15) is 31.5 Å². The number of hydrogen-bond donors (Lipinski definition) is 1. The zero-order chi connectivity index (χ0) is 13.4. The predicted molar refractivity (Wildman–Crippen MR) is 73.7 cm³/mol. The van der Waals surface area contributed by atoms with Gasteiger partial charge in [-0.3, -0.25) is 9.98 Å². The van der Waals surface area contributed by atoms with Gasteiger partial charge < -0.3 is 5.73 Å². The van der Waals surface area contributed by atoms with E-state index in [-0.39, 0.29) is 0 Å². The maximum absolute atomic E-state index is 8.73. The number of aliphatic imine (C=N–C) groups is 1. The van der Waals surface area contributed by atoms with E-state index in [9.17, 15) is 0 Å². The molecule has 18 heavy (non-hydrogen) atoms. The Labute approximate surface area is 107 Å². The van der Waals surface area contributed by atoms with E-state index in [4.69, 9.17) is 11.0 Å². The van der Waals surface area contributed by atoms with Crippen molar-refractivity contribution in [1.29, 1.82) is 5.26 Å². The lowest BCUT2D eigenvalue weighted by Crippen LogP contribution is -2.01. The summed E-state index contributed by atoms with van der Waals surface area (Å²) in [4.78, 5) is 8.51. The van der Waals surface area contributed by atoms with Crippen molar-refractivity contribution >= 4 is 11.9 Å². The Kier molecular flexibility index (Phi) is 5.33. The molecule has 1 aromatic rings. The highest BCUT2D eigenvalue weighted by Gasteiger charge is 2.05. The lowest BCUT2D eigenvalue weighted by molar-refractivity contribution is 1.06. The fourth-order valence-corrected chi connectivity index (χ4v) is 1.28. The molecule has 0 aliphatic rings. The first kappa shape index (κ1) is 13.7. The number of allylic oxidation sites excluding steroid dienone is 3. The van der Waals surface area contributed by atoms with E-state index >= 15 is 0 Å². The summed E-state index contributed by atoms with van der Waals surface area (Å²) in [5.74, 6) is 0.